The highest BCUT2D eigenvalue weighted by Gasteiger charge is 2.31. The van der Waals surface area contributed by atoms with Gasteiger partial charge in [0.1, 0.15) is 5.82 Å². The highest BCUT2D eigenvalue weighted by molar-refractivity contribution is 5.93. The average molecular weight is 251 g/mol. The number of hydrogen-bond donors (Lipinski definition) is 1. The van der Waals surface area contributed by atoms with Crippen molar-refractivity contribution in [2.45, 2.75) is 19.8 Å². The molecule has 0 spiro atoms. The first kappa shape index (κ1) is 13.0. The topological polar surface area (TPSA) is 59.2 Å². The molecule has 1 aromatic rings. The number of nitrogens with zero attached hydrogens (tertiary/aromatic N) is 2. The van der Waals surface area contributed by atoms with Crippen LogP contribution >= 0.6 is 0 Å². The first-order chi connectivity index (χ1) is 8.54. The summed E-state index contributed by atoms with van der Waals surface area (Å²) in [5, 5.41) is 0. The average Bonchev–Trinajstić information content (AvgIpc) is 2.39. The molecule has 1 aliphatic rings. The van der Waals surface area contributed by atoms with Crippen LogP contribution in [0.4, 0.5) is 4.39 Å². The van der Waals surface area contributed by atoms with Crippen LogP contribution in [0.5, 0.6) is 0 Å². The summed E-state index contributed by atoms with van der Waals surface area (Å²) in [6, 6.07) is 1.23. The second-order valence-corrected chi connectivity index (χ2v) is 5.20. The van der Waals surface area contributed by atoms with Crippen LogP contribution < -0.4 is 5.73 Å². The third kappa shape index (κ3) is 2.67. The third-order valence-electron chi connectivity index (χ3n) is 3.70. The van der Waals surface area contributed by atoms with Crippen LogP contribution in [-0.4, -0.2) is 35.4 Å². The smallest absolute Gasteiger partial charge is 0.255 e. The number of aromatic nitrogens is 1. The molecule has 0 unspecified atom stereocenters. The zero-order chi connectivity index (χ0) is 13.2. The molecule has 0 atom stereocenters. The van der Waals surface area contributed by atoms with Gasteiger partial charge in [0.15, 0.2) is 0 Å². The summed E-state index contributed by atoms with van der Waals surface area (Å²) >= 11 is 0. The van der Waals surface area contributed by atoms with Crippen molar-refractivity contribution >= 4 is 5.91 Å². The fourth-order valence-corrected chi connectivity index (χ4v) is 2.17. The maximum absolute atomic E-state index is 13.0. The van der Waals surface area contributed by atoms with Crippen LogP contribution in [-0.2, 0) is 0 Å². The van der Waals surface area contributed by atoms with E-state index in [9.17, 15) is 9.18 Å². The fourth-order valence-electron chi connectivity index (χ4n) is 2.17. The van der Waals surface area contributed by atoms with E-state index in [2.05, 4.69) is 11.9 Å². The normalized spacial score (nSPS) is 18.7. The summed E-state index contributed by atoms with van der Waals surface area (Å²) < 4.78 is 13.0. The molecule has 1 saturated heterocycles. The van der Waals surface area contributed by atoms with Crippen LogP contribution in [0, 0.1) is 11.2 Å². The number of rotatable bonds is 2. The van der Waals surface area contributed by atoms with Gasteiger partial charge in [0.2, 0.25) is 0 Å². The second kappa shape index (κ2) is 5.02. The maximum Gasteiger partial charge on any atom is 0.255 e. The van der Waals surface area contributed by atoms with E-state index in [0.717, 1.165) is 19.0 Å². The van der Waals surface area contributed by atoms with Crippen molar-refractivity contribution in [1.29, 1.82) is 0 Å². The predicted octanol–water partition coefficient (Wildman–Crippen LogP) is 1.42. The minimum Gasteiger partial charge on any atom is -0.339 e. The van der Waals surface area contributed by atoms with Gasteiger partial charge in [-0.25, -0.2) is 4.39 Å². The van der Waals surface area contributed by atoms with E-state index in [0.29, 0.717) is 25.2 Å². The van der Waals surface area contributed by atoms with E-state index in [-0.39, 0.29) is 11.3 Å². The van der Waals surface area contributed by atoms with E-state index < -0.39 is 5.82 Å². The highest BCUT2D eigenvalue weighted by Crippen LogP contribution is 2.29. The molecule has 0 saturated carbocycles. The summed E-state index contributed by atoms with van der Waals surface area (Å²) in [6.45, 7) is 4.11. The Kier molecular flexibility index (Phi) is 3.61. The molecule has 98 valence electrons. The summed E-state index contributed by atoms with van der Waals surface area (Å²) in [5.74, 6) is -0.634. The number of carbonyl (C=O) groups excluding carboxylic acids is 1. The maximum atomic E-state index is 13.0. The molecular formula is C13H18FN3O. The van der Waals surface area contributed by atoms with E-state index >= 15 is 0 Å². The Morgan fingerprint density at radius 1 is 1.50 bits per heavy atom. The summed E-state index contributed by atoms with van der Waals surface area (Å²) in [6.07, 6.45) is 4.27. The lowest BCUT2D eigenvalue weighted by molar-refractivity contribution is 0.0616. The van der Waals surface area contributed by atoms with Crippen molar-refractivity contribution in [3.8, 4) is 0 Å². The Morgan fingerprint density at radius 3 is 2.72 bits per heavy atom. The molecule has 0 bridgehead atoms. The first-order valence-electron chi connectivity index (χ1n) is 6.14. The number of carbonyl (C=O) groups is 1. The van der Waals surface area contributed by atoms with Crippen molar-refractivity contribution in [3.63, 3.8) is 0 Å². The molecule has 1 aromatic heterocycles. The summed E-state index contributed by atoms with van der Waals surface area (Å²) in [5.41, 5.74) is 6.16. The molecule has 5 heteroatoms. The van der Waals surface area contributed by atoms with Crippen LogP contribution in [0.3, 0.4) is 0 Å². The molecule has 0 radical (unpaired) electrons. The van der Waals surface area contributed by atoms with Crippen molar-refractivity contribution in [1.82, 2.24) is 9.88 Å². The zero-order valence-corrected chi connectivity index (χ0v) is 10.5. The van der Waals surface area contributed by atoms with E-state index in [1.165, 1.54) is 12.3 Å². The number of nitrogens with two attached hydrogens (primary N) is 1. The van der Waals surface area contributed by atoms with Crippen LogP contribution in [0.15, 0.2) is 18.5 Å². The first-order valence-corrected chi connectivity index (χ1v) is 6.14. The van der Waals surface area contributed by atoms with Gasteiger partial charge in [0, 0.05) is 19.3 Å². The van der Waals surface area contributed by atoms with Crippen LogP contribution in [0.1, 0.15) is 30.1 Å². The third-order valence-corrected chi connectivity index (χ3v) is 3.70. The number of hydrogen-bond acceptors (Lipinski definition) is 3. The van der Waals surface area contributed by atoms with Gasteiger partial charge in [-0.1, -0.05) is 6.92 Å². The van der Waals surface area contributed by atoms with Gasteiger partial charge in [0.05, 0.1) is 11.8 Å². The van der Waals surface area contributed by atoms with Crippen LogP contribution in [0.2, 0.25) is 0 Å². The number of piperidine rings is 1. The van der Waals surface area contributed by atoms with Crippen molar-refractivity contribution in [2.75, 3.05) is 19.6 Å². The molecule has 2 heterocycles. The highest BCUT2D eigenvalue weighted by atomic mass is 19.1. The molecular weight excluding hydrogens is 233 g/mol. The van der Waals surface area contributed by atoms with Gasteiger partial charge in [-0.3, -0.25) is 9.78 Å². The zero-order valence-electron chi connectivity index (χ0n) is 10.5. The van der Waals surface area contributed by atoms with Gasteiger partial charge >= 0.3 is 0 Å². The molecule has 18 heavy (non-hydrogen) atoms. The Balaban J connectivity index is 2.04. The van der Waals surface area contributed by atoms with Gasteiger partial charge in [-0.15, -0.1) is 0 Å². The minimum atomic E-state index is -0.482. The Bertz CT molecular complexity index is 442. The molecule has 2 N–H and O–H groups in total. The number of likely N-dealkylation sites (tertiary alicyclic amines) is 1. The van der Waals surface area contributed by atoms with Gasteiger partial charge in [-0.05, 0) is 30.9 Å². The lowest BCUT2D eigenvalue weighted by atomic mass is 9.80. The Hall–Kier alpha value is -1.49. The summed E-state index contributed by atoms with van der Waals surface area (Å²) in [7, 11) is 0. The number of pyridine rings is 1. The SMILES string of the molecule is CC1(CN)CCN(C(=O)c2cncc(F)c2)CC1. The largest absolute Gasteiger partial charge is 0.339 e. The quantitative estimate of drug-likeness (QED) is 0.864. The van der Waals surface area contributed by atoms with Crippen LogP contribution in [0.25, 0.3) is 0 Å². The fraction of sp³-hybridized carbons (Fsp3) is 0.538. The number of amides is 1. The Labute approximate surface area is 106 Å². The standard InChI is InChI=1S/C13H18FN3O/c1-13(9-15)2-4-17(5-3-13)12(18)10-6-11(14)8-16-7-10/h6-8H,2-5,9,15H2,1H3. The Morgan fingerprint density at radius 2 is 2.17 bits per heavy atom. The molecule has 0 aromatic carbocycles. The molecule has 0 aliphatic carbocycles. The van der Waals surface area contributed by atoms with Crippen molar-refractivity contribution in [2.24, 2.45) is 11.1 Å². The lowest BCUT2D eigenvalue weighted by Crippen LogP contribution is -2.44. The molecule has 1 amide bonds. The molecule has 1 fully saturated rings. The molecule has 2 rings (SSSR count). The number of halogens is 1. The van der Waals surface area contributed by atoms with Crippen molar-refractivity contribution in [3.05, 3.63) is 29.8 Å². The van der Waals surface area contributed by atoms with E-state index in [4.69, 9.17) is 5.73 Å². The molecule has 4 nitrogen and oxygen atoms in total. The van der Waals surface area contributed by atoms with E-state index in [1.54, 1.807) is 4.90 Å². The lowest BCUT2D eigenvalue weighted by Gasteiger charge is -2.38. The predicted molar refractivity (Wildman–Crippen MR) is 66.5 cm³/mol. The van der Waals surface area contributed by atoms with Gasteiger partial charge in [-0.2, -0.15) is 0 Å². The minimum absolute atomic E-state index is 0.122. The van der Waals surface area contributed by atoms with Crippen molar-refractivity contribution < 1.29 is 9.18 Å². The second-order valence-electron chi connectivity index (χ2n) is 5.20. The van der Waals surface area contributed by atoms with Gasteiger partial charge in [0.25, 0.3) is 5.91 Å². The van der Waals surface area contributed by atoms with Gasteiger partial charge < -0.3 is 10.6 Å². The summed E-state index contributed by atoms with van der Waals surface area (Å²) in [4.78, 5) is 17.6. The molecule has 1 aliphatic heterocycles. The van der Waals surface area contributed by atoms with E-state index in [1.807, 2.05) is 0 Å². The monoisotopic (exact) mass is 251 g/mol.